The van der Waals surface area contributed by atoms with Gasteiger partial charge in [0.25, 0.3) is 0 Å². The van der Waals surface area contributed by atoms with Gasteiger partial charge in [0.2, 0.25) is 0 Å². The maximum atomic E-state index is 10.0. The van der Waals surface area contributed by atoms with Gasteiger partial charge in [-0.05, 0) is 29.8 Å². The number of phenolic OH excluding ortho intramolecular Hbond substituents is 1. The van der Waals surface area contributed by atoms with Crippen molar-refractivity contribution in [2.24, 2.45) is 5.73 Å². The Hall–Kier alpha value is -0.940. The lowest BCUT2D eigenvalue weighted by atomic mass is 9.93. The van der Waals surface area contributed by atoms with Crippen LogP contribution < -0.4 is 15.2 Å². The highest BCUT2D eigenvalue weighted by atomic mass is 79.9. The summed E-state index contributed by atoms with van der Waals surface area (Å²) >= 11 is 3.25. The van der Waals surface area contributed by atoms with Crippen LogP contribution in [0.15, 0.2) is 10.5 Å². The zero-order chi connectivity index (χ0) is 12.5. The zero-order valence-corrected chi connectivity index (χ0v) is 11.4. The lowest BCUT2D eigenvalue weighted by molar-refractivity contribution is 0.335. The predicted molar refractivity (Wildman–Crippen MR) is 66.1 cm³/mol. The summed E-state index contributed by atoms with van der Waals surface area (Å²) in [6.07, 6.45) is 0. The Kier molecular flexibility index (Phi) is 3.70. The molecule has 0 saturated heterocycles. The van der Waals surface area contributed by atoms with E-state index in [1.165, 1.54) is 14.2 Å². The van der Waals surface area contributed by atoms with Crippen molar-refractivity contribution in [3.05, 3.63) is 16.1 Å². The second-order valence-electron chi connectivity index (χ2n) is 4.04. The average Bonchev–Trinajstić information content (AvgIpc) is 2.19. The van der Waals surface area contributed by atoms with Gasteiger partial charge < -0.3 is 20.3 Å². The minimum Gasteiger partial charge on any atom is -0.506 e. The summed E-state index contributed by atoms with van der Waals surface area (Å²) in [7, 11) is 3.05. The molecular weight excluding hydrogens is 274 g/mol. The summed E-state index contributed by atoms with van der Waals surface area (Å²) in [6, 6.07) is 1.64. The number of methoxy groups -OCH3 is 2. The Morgan fingerprint density at radius 3 is 2.25 bits per heavy atom. The van der Waals surface area contributed by atoms with E-state index in [1.807, 2.05) is 0 Å². The molecule has 3 N–H and O–H groups in total. The maximum Gasteiger partial charge on any atom is 0.169 e. The van der Waals surface area contributed by atoms with E-state index in [-0.39, 0.29) is 5.75 Å². The summed E-state index contributed by atoms with van der Waals surface area (Å²) in [5, 5.41) is 10.0. The Bertz CT molecular complexity index is 399. The zero-order valence-electron chi connectivity index (χ0n) is 9.80. The van der Waals surface area contributed by atoms with E-state index in [9.17, 15) is 5.11 Å². The molecule has 4 nitrogen and oxygen atoms in total. The second kappa shape index (κ2) is 4.51. The van der Waals surface area contributed by atoms with Gasteiger partial charge in [-0.3, -0.25) is 0 Å². The van der Waals surface area contributed by atoms with Crippen LogP contribution in [-0.2, 0) is 5.54 Å². The highest BCUT2D eigenvalue weighted by Gasteiger charge is 2.28. The molecule has 0 unspecified atom stereocenters. The Labute approximate surface area is 103 Å². The van der Waals surface area contributed by atoms with Crippen LogP contribution in [-0.4, -0.2) is 19.3 Å². The molecule has 1 rings (SSSR count). The van der Waals surface area contributed by atoms with Crippen molar-refractivity contribution < 1.29 is 14.6 Å². The minimum absolute atomic E-state index is 0.0742. The molecule has 0 heterocycles. The Balaban J connectivity index is 3.60. The van der Waals surface area contributed by atoms with E-state index < -0.39 is 5.54 Å². The molecule has 0 saturated carbocycles. The lowest BCUT2D eigenvalue weighted by Crippen LogP contribution is -2.29. The summed E-state index contributed by atoms with van der Waals surface area (Å²) in [6.45, 7) is 3.58. The highest BCUT2D eigenvalue weighted by molar-refractivity contribution is 9.10. The quantitative estimate of drug-likeness (QED) is 0.897. The van der Waals surface area contributed by atoms with Crippen LogP contribution in [0.5, 0.6) is 17.2 Å². The van der Waals surface area contributed by atoms with Crippen molar-refractivity contribution in [2.75, 3.05) is 14.2 Å². The molecule has 5 heteroatoms. The van der Waals surface area contributed by atoms with Crippen LogP contribution in [0.1, 0.15) is 19.4 Å². The van der Waals surface area contributed by atoms with Gasteiger partial charge in [0.05, 0.1) is 24.3 Å². The van der Waals surface area contributed by atoms with Crippen LogP contribution >= 0.6 is 15.9 Å². The molecule has 0 amide bonds. The fourth-order valence-electron chi connectivity index (χ4n) is 1.55. The second-order valence-corrected chi connectivity index (χ2v) is 4.89. The number of benzene rings is 1. The molecule has 0 radical (unpaired) electrons. The first kappa shape index (κ1) is 13.1. The van der Waals surface area contributed by atoms with Gasteiger partial charge in [0, 0.05) is 11.6 Å². The summed E-state index contributed by atoms with van der Waals surface area (Å²) in [5.41, 5.74) is 5.80. The summed E-state index contributed by atoms with van der Waals surface area (Å²) in [4.78, 5) is 0. The molecule has 90 valence electrons. The summed E-state index contributed by atoms with van der Waals surface area (Å²) < 4.78 is 11.0. The fourth-order valence-corrected chi connectivity index (χ4v) is 1.96. The molecule has 0 spiro atoms. The number of aromatic hydroxyl groups is 1. The molecule has 0 aliphatic heterocycles. The molecule has 1 aromatic carbocycles. The van der Waals surface area contributed by atoms with E-state index in [0.29, 0.717) is 21.5 Å². The Morgan fingerprint density at radius 1 is 1.31 bits per heavy atom. The predicted octanol–water partition coefficient (Wildman–Crippen LogP) is 2.37. The van der Waals surface area contributed by atoms with Gasteiger partial charge in [-0.1, -0.05) is 0 Å². The minimum atomic E-state index is -0.730. The van der Waals surface area contributed by atoms with E-state index >= 15 is 0 Å². The monoisotopic (exact) mass is 289 g/mol. The van der Waals surface area contributed by atoms with Crippen molar-refractivity contribution >= 4 is 15.9 Å². The molecule has 0 aliphatic rings. The van der Waals surface area contributed by atoms with Crippen LogP contribution in [0.3, 0.4) is 0 Å². The molecular formula is C11H16BrNO3. The number of hydrogen-bond donors (Lipinski definition) is 2. The number of hydrogen-bond acceptors (Lipinski definition) is 4. The van der Waals surface area contributed by atoms with Crippen LogP contribution in [0, 0.1) is 0 Å². The molecule has 0 atom stereocenters. The van der Waals surface area contributed by atoms with Crippen LogP contribution in [0.2, 0.25) is 0 Å². The highest BCUT2D eigenvalue weighted by Crippen LogP contribution is 2.46. The van der Waals surface area contributed by atoms with E-state index in [0.717, 1.165) is 0 Å². The normalized spacial score (nSPS) is 11.4. The largest absolute Gasteiger partial charge is 0.506 e. The smallest absolute Gasteiger partial charge is 0.169 e. The number of nitrogens with two attached hydrogens (primary N) is 1. The average molecular weight is 290 g/mol. The molecule has 1 aromatic rings. The third-order valence-corrected chi connectivity index (χ3v) is 2.84. The summed E-state index contributed by atoms with van der Waals surface area (Å²) in [5.74, 6) is 1.06. The van der Waals surface area contributed by atoms with Crippen molar-refractivity contribution in [3.63, 3.8) is 0 Å². The van der Waals surface area contributed by atoms with Gasteiger partial charge >= 0.3 is 0 Å². The first-order valence-electron chi connectivity index (χ1n) is 4.75. The van der Waals surface area contributed by atoms with Gasteiger partial charge in [-0.15, -0.1) is 0 Å². The maximum absolute atomic E-state index is 10.0. The first-order chi connectivity index (χ1) is 7.32. The van der Waals surface area contributed by atoms with Gasteiger partial charge in [0.15, 0.2) is 11.5 Å². The van der Waals surface area contributed by atoms with Gasteiger partial charge in [-0.25, -0.2) is 0 Å². The number of phenols is 1. The van der Waals surface area contributed by atoms with Crippen molar-refractivity contribution in [1.82, 2.24) is 0 Å². The molecule has 0 aliphatic carbocycles. The standard InChI is InChI=1S/C11H16BrNO3/c1-11(2,13)8-9(14)6(12)5-7(15-3)10(8)16-4/h5,14H,13H2,1-4H3. The number of ether oxygens (including phenoxy) is 2. The SMILES string of the molecule is COc1cc(Br)c(O)c(C(C)(C)N)c1OC. The van der Waals surface area contributed by atoms with Crippen molar-refractivity contribution in [2.45, 2.75) is 19.4 Å². The van der Waals surface area contributed by atoms with Crippen molar-refractivity contribution in [1.29, 1.82) is 0 Å². The van der Waals surface area contributed by atoms with Gasteiger partial charge in [0.1, 0.15) is 5.75 Å². The topological polar surface area (TPSA) is 64.7 Å². The lowest BCUT2D eigenvalue weighted by Gasteiger charge is -2.25. The van der Waals surface area contributed by atoms with E-state index in [2.05, 4.69) is 15.9 Å². The third kappa shape index (κ3) is 2.25. The molecule has 0 aromatic heterocycles. The first-order valence-corrected chi connectivity index (χ1v) is 5.55. The van der Waals surface area contributed by atoms with E-state index in [4.69, 9.17) is 15.2 Å². The Morgan fingerprint density at radius 2 is 1.88 bits per heavy atom. The van der Waals surface area contributed by atoms with Crippen molar-refractivity contribution in [3.8, 4) is 17.2 Å². The van der Waals surface area contributed by atoms with Gasteiger partial charge in [-0.2, -0.15) is 0 Å². The number of rotatable bonds is 3. The van der Waals surface area contributed by atoms with Crippen LogP contribution in [0.25, 0.3) is 0 Å². The fraction of sp³-hybridized carbons (Fsp3) is 0.455. The number of halogens is 1. The third-order valence-electron chi connectivity index (χ3n) is 2.24. The molecule has 0 fully saturated rings. The van der Waals surface area contributed by atoms with Crippen LogP contribution in [0.4, 0.5) is 0 Å². The molecule has 0 bridgehead atoms. The molecule has 16 heavy (non-hydrogen) atoms. The van der Waals surface area contributed by atoms with E-state index in [1.54, 1.807) is 19.9 Å².